The van der Waals surface area contributed by atoms with E-state index in [1.165, 1.54) is 0 Å². The largest absolute Gasteiger partial charge is 0.444 e. The Morgan fingerprint density at radius 3 is 2.32 bits per heavy atom. The number of piperidine rings is 1. The first-order valence-electron chi connectivity index (χ1n) is 8.08. The van der Waals surface area contributed by atoms with Gasteiger partial charge in [0.15, 0.2) is 0 Å². The molecule has 2 amide bonds. The highest BCUT2D eigenvalue weighted by Crippen LogP contribution is 2.19. The van der Waals surface area contributed by atoms with Crippen LogP contribution in [0.25, 0.3) is 0 Å². The first-order chi connectivity index (χ1) is 10.2. The number of likely N-dealkylation sites (tertiary alicyclic amines) is 1. The molecule has 1 N–H and O–H groups in total. The summed E-state index contributed by atoms with van der Waals surface area (Å²) in [4.78, 5) is 26.8. The topological polar surface area (TPSA) is 61.9 Å². The van der Waals surface area contributed by atoms with E-state index in [1.807, 2.05) is 20.8 Å². The van der Waals surface area contributed by atoms with Gasteiger partial charge in [0.05, 0.1) is 0 Å². The first-order valence-corrected chi connectivity index (χ1v) is 8.08. The van der Waals surface area contributed by atoms with Gasteiger partial charge in [-0.15, -0.1) is 0 Å². The molecule has 0 aliphatic carbocycles. The van der Waals surface area contributed by atoms with Gasteiger partial charge in [-0.3, -0.25) is 4.79 Å². The lowest BCUT2D eigenvalue weighted by atomic mass is 9.97. The van der Waals surface area contributed by atoms with Crippen molar-refractivity contribution in [3.63, 3.8) is 0 Å². The van der Waals surface area contributed by atoms with Crippen molar-refractivity contribution in [2.75, 3.05) is 40.3 Å². The van der Waals surface area contributed by atoms with Crippen molar-refractivity contribution < 1.29 is 14.3 Å². The first kappa shape index (κ1) is 18.7. The molecule has 1 aliphatic rings. The van der Waals surface area contributed by atoms with Crippen LogP contribution in [0.1, 0.15) is 40.0 Å². The quantitative estimate of drug-likeness (QED) is 0.785. The third-order valence-electron chi connectivity index (χ3n) is 3.71. The molecule has 1 heterocycles. The normalized spacial score (nSPS) is 16.5. The smallest absolute Gasteiger partial charge is 0.410 e. The monoisotopic (exact) mass is 313 g/mol. The zero-order valence-corrected chi connectivity index (χ0v) is 14.6. The van der Waals surface area contributed by atoms with E-state index in [1.54, 1.807) is 23.9 Å². The maximum Gasteiger partial charge on any atom is 0.410 e. The van der Waals surface area contributed by atoms with Crippen LogP contribution in [0.2, 0.25) is 0 Å². The summed E-state index contributed by atoms with van der Waals surface area (Å²) in [5.74, 6) is 0.709. The molecule has 6 heteroatoms. The second-order valence-corrected chi connectivity index (χ2v) is 7.15. The summed E-state index contributed by atoms with van der Waals surface area (Å²) in [5, 5.41) is 3.34. The predicted octanol–water partition coefficient (Wildman–Crippen LogP) is 1.70. The third-order valence-corrected chi connectivity index (χ3v) is 3.71. The highest BCUT2D eigenvalue weighted by atomic mass is 16.6. The minimum atomic E-state index is -0.436. The highest BCUT2D eigenvalue weighted by Gasteiger charge is 2.26. The molecule has 1 aliphatic heterocycles. The molecule has 1 saturated heterocycles. The lowest BCUT2D eigenvalue weighted by molar-refractivity contribution is -0.128. The molecule has 0 aromatic carbocycles. The van der Waals surface area contributed by atoms with Crippen molar-refractivity contribution in [3.05, 3.63) is 0 Å². The van der Waals surface area contributed by atoms with Gasteiger partial charge in [-0.2, -0.15) is 0 Å². The number of nitrogens with one attached hydrogen (secondary N) is 1. The van der Waals surface area contributed by atoms with E-state index in [9.17, 15) is 9.59 Å². The number of hydrogen-bond donors (Lipinski definition) is 1. The Morgan fingerprint density at radius 1 is 1.23 bits per heavy atom. The Bertz CT molecular complexity index is 369. The summed E-state index contributed by atoms with van der Waals surface area (Å²) >= 11 is 0. The summed E-state index contributed by atoms with van der Waals surface area (Å²) in [5.41, 5.74) is -0.436. The van der Waals surface area contributed by atoms with Crippen LogP contribution in [0.4, 0.5) is 4.79 Å². The van der Waals surface area contributed by atoms with Gasteiger partial charge in [0.2, 0.25) is 5.91 Å². The molecule has 1 fully saturated rings. The highest BCUT2D eigenvalue weighted by molar-refractivity contribution is 5.75. The number of carbonyl (C=O) groups is 2. The third kappa shape index (κ3) is 7.11. The minimum Gasteiger partial charge on any atom is -0.444 e. The molecule has 0 radical (unpaired) electrons. The zero-order chi connectivity index (χ0) is 16.8. The van der Waals surface area contributed by atoms with Crippen LogP contribution < -0.4 is 5.32 Å². The maximum atomic E-state index is 12.0. The van der Waals surface area contributed by atoms with Crippen LogP contribution in [-0.4, -0.2) is 67.7 Å². The van der Waals surface area contributed by atoms with Gasteiger partial charge in [0.25, 0.3) is 0 Å². The number of carbonyl (C=O) groups excluding carboxylic acids is 2. The summed E-state index contributed by atoms with van der Waals surface area (Å²) in [6.45, 7) is 8.77. The molecule has 0 spiro atoms. The average Bonchev–Trinajstić information content (AvgIpc) is 2.42. The molecule has 0 aromatic rings. The van der Waals surface area contributed by atoms with Gasteiger partial charge >= 0.3 is 6.09 Å². The second kappa shape index (κ2) is 8.36. The molecule has 0 saturated carbocycles. The van der Waals surface area contributed by atoms with E-state index in [0.29, 0.717) is 18.9 Å². The summed E-state index contributed by atoms with van der Waals surface area (Å²) in [6, 6.07) is 0. The SMILES string of the molecule is CN(C)C(=O)CCNCC1CCN(C(=O)OC(C)(C)C)CC1. The van der Waals surface area contributed by atoms with Gasteiger partial charge in [0.1, 0.15) is 5.60 Å². The molecule has 1 rings (SSSR count). The number of hydrogen-bond acceptors (Lipinski definition) is 4. The molecule has 0 atom stereocenters. The maximum absolute atomic E-state index is 12.0. The fraction of sp³-hybridized carbons (Fsp3) is 0.875. The fourth-order valence-corrected chi connectivity index (χ4v) is 2.37. The Balaban J connectivity index is 2.17. The van der Waals surface area contributed by atoms with Crippen molar-refractivity contribution in [2.24, 2.45) is 5.92 Å². The zero-order valence-electron chi connectivity index (χ0n) is 14.6. The fourth-order valence-electron chi connectivity index (χ4n) is 2.37. The van der Waals surface area contributed by atoms with Crippen LogP contribution >= 0.6 is 0 Å². The summed E-state index contributed by atoms with van der Waals surface area (Å²) in [7, 11) is 3.55. The van der Waals surface area contributed by atoms with Crippen LogP contribution in [0.5, 0.6) is 0 Å². The van der Waals surface area contributed by atoms with Crippen LogP contribution in [-0.2, 0) is 9.53 Å². The van der Waals surface area contributed by atoms with Gasteiger partial charge in [-0.05, 0) is 46.1 Å². The Kier molecular flexibility index (Phi) is 7.13. The number of ether oxygens (including phenoxy) is 1. The van der Waals surface area contributed by atoms with E-state index >= 15 is 0 Å². The second-order valence-electron chi connectivity index (χ2n) is 7.15. The lowest BCUT2D eigenvalue weighted by Gasteiger charge is -2.33. The minimum absolute atomic E-state index is 0.146. The molecule has 128 valence electrons. The van der Waals surface area contributed by atoms with E-state index in [4.69, 9.17) is 4.74 Å². The van der Waals surface area contributed by atoms with Gasteiger partial charge < -0.3 is 19.9 Å². The van der Waals surface area contributed by atoms with Gasteiger partial charge in [-0.1, -0.05) is 0 Å². The number of amides is 2. The number of rotatable bonds is 5. The van der Waals surface area contributed by atoms with Gasteiger partial charge in [-0.25, -0.2) is 4.79 Å². The van der Waals surface area contributed by atoms with E-state index in [0.717, 1.165) is 32.5 Å². The van der Waals surface area contributed by atoms with Crippen molar-refractivity contribution in [1.82, 2.24) is 15.1 Å². The number of nitrogens with zero attached hydrogens (tertiary/aromatic N) is 2. The van der Waals surface area contributed by atoms with E-state index < -0.39 is 5.60 Å². The van der Waals surface area contributed by atoms with E-state index in [2.05, 4.69) is 5.32 Å². The molecule has 0 unspecified atom stereocenters. The molecule has 22 heavy (non-hydrogen) atoms. The molecular weight excluding hydrogens is 282 g/mol. The molecule has 0 bridgehead atoms. The van der Waals surface area contributed by atoms with Crippen LogP contribution in [0, 0.1) is 5.92 Å². The molecular formula is C16H31N3O3. The summed E-state index contributed by atoms with van der Waals surface area (Å²) in [6.07, 6.45) is 2.28. The van der Waals surface area contributed by atoms with Crippen LogP contribution in [0.3, 0.4) is 0 Å². The molecule has 6 nitrogen and oxygen atoms in total. The summed E-state index contributed by atoms with van der Waals surface area (Å²) < 4.78 is 5.39. The average molecular weight is 313 g/mol. The Labute approximate surface area is 134 Å². The lowest BCUT2D eigenvalue weighted by Crippen LogP contribution is -2.43. The van der Waals surface area contributed by atoms with Crippen molar-refractivity contribution in [2.45, 2.75) is 45.6 Å². The van der Waals surface area contributed by atoms with E-state index in [-0.39, 0.29) is 12.0 Å². The van der Waals surface area contributed by atoms with Crippen molar-refractivity contribution >= 4 is 12.0 Å². The van der Waals surface area contributed by atoms with Crippen LogP contribution in [0.15, 0.2) is 0 Å². The Hall–Kier alpha value is -1.30. The standard InChI is InChI=1S/C16H31N3O3/c1-16(2,3)22-15(21)19-10-7-13(8-11-19)12-17-9-6-14(20)18(4)5/h13,17H,6-12H2,1-5H3. The predicted molar refractivity (Wildman–Crippen MR) is 86.7 cm³/mol. The van der Waals surface area contributed by atoms with Gasteiger partial charge in [0, 0.05) is 40.2 Å². The molecule has 0 aromatic heterocycles. The Morgan fingerprint density at radius 2 is 1.82 bits per heavy atom. The van der Waals surface area contributed by atoms with Crippen molar-refractivity contribution in [3.8, 4) is 0 Å². The van der Waals surface area contributed by atoms with Crippen molar-refractivity contribution in [1.29, 1.82) is 0 Å².